The van der Waals surface area contributed by atoms with E-state index in [9.17, 15) is 4.79 Å². The molecule has 2 aromatic heterocycles. The maximum absolute atomic E-state index is 10.8. The van der Waals surface area contributed by atoms with E-state index in [1.807, 2.05) is 6.07 Å². The van der Waals surface area contributed by atoms with Crippen LogP contribution < -0.4 is 5.73 Å². The van der Waals surface area contributed by atoms with E-state index in [-0.39, 0.29) is 5.69 Å². The summed E-state index contributed by atoms with van der Waals surface area (Å²) in [6.45, 7) is 0. The van der Waals surface area contributed by atoms with E-state index in [1.54, 1.807) is 24.5 Å². The van der Waals surface area contributed by atoms with Gasteiger partial charge in [-0.1, -0.05) is 6.07 Å². The van der Waals surface area contributed by atoms with Gasteiger partial charge in [0, 0.05) is 16.8 Å². The second kappa shape index (κ2) is 5.50. The average Bonchev–Trinajstić information content (AvgIpc) is 2.38. The Hall–Kier alpha value is -2.08. The molecule has 3 N–H and O–H groups in total. The Morgan fingerprint density at radius 1 is 1.39 bits per heavy atom. The highest BCUT2D eigenvalue weighted by atomic mass is 32.2. The third-order valence-electron chi connectivity index (χ3n) is 2.21. The smallest absolute Gasteiger partial charge is 0.354 e. The van der Waals surface area contributed by atoms with Crippen LogP contribution in [0.25, 0.3) is 0 Å². The van der Waals surface area contributed by atoms with Crippen LogP contribution in [0.15, 0.2) is 41.6 Å². The van der Waals surface area contributed by atoms with Crippen molar-refractivity contribution in [1.82, 2.24) is 9.97 Å². The number of nitrogen functional groups attached to an aromatic ring is 1. The van der Waals surface area contributed by atoms with Crippen LogP contribution >= 0.6 is 11.8 Å². The molecule has 0 bridgehead atoms. The Morgan fingerprint density at radius 3 is 2.94 bits per heavy atom. The van der Waals surface area contributed by atoms with Crippen LogP contribution in [0, 0.1) is 0 Å². The number of rotatable bonds is 4. The molecular formula is C12H11N3O2S. The van der Waals surface area contributed by atoms with Crippen LogP contribution in [0.2, 0.25) is 0 Å². The summed E-state index contributed by atoms with van der Waals surface area (Å²) in [4.78, 5) is 19.6. The molecule has 2 aromatic rings. The Labute approximate surface area is 108 Å². The lowest BCUT2D eigenvalue weighted by molar-refractivity contribution is 0.0690. The number of thioether (sulfide) groups is 1. The summed E-state index contributed by atoms with van der Waals surface area (Å²) in [5, 5.41) is 8.84. The zero-order valence-electron chi connectivity index (χ0n) is 9.41. The van der Waals surface area contributed by atoms with Crippen LogP contribution in [0.3, 0.4) is 0 Å². The molecule has 0 fully saturated rings. The maximum Gasteiger partial charge on any atom is 0.354 e. The zero-order chi connectivity index (χ0) is 13.0. The SMILES string of the molecule is Nc1cnccc1SCc1cccc(C(=O)O)n1. The molecule has 92 valence electrons. The summed E-state index contributed by atoms with van der Waals surface area (Å²) in [5.41, 5.74) is 7.13. The van der Waals surface area contributed by atoms with E-state index in [1.165, 1.54) is 17.8 Å². The van der Waals surface area contributed by atoms with Crippen LogP contribution in [0.4, 0.5) is 5.69 Å². The summed E-state index contributed by atoms with van der Waals surface area (Å²) >= 11 is 1.50. The number of hydrogen-bond acceptors (Lipinski definition) is 5. The third-order valence-corrected chi connectivity index (χ3v) is 3.33. The fourth-order valence-corrected chi connectivity index (χ4v) is 2.20. The lowest BCUT2D eigenvalue weighted by Crippen LogP contribution is -2.01. The molecule has 0 amide bonds. The van der Waals surface area contributed by atoms with E-state index < -0.39 is 5.97 Å². The standard InChI is InChI=1S/C12H11N3O2S/c13-9-6-14-5-4-11(9)18-7-8-2-1-3-10(15-8)12(16)17/h1-6H,7,13H2,(H,16,17). The highest BCUT2D eigenvalue weighted by molar-refractivity contribution is 7.98. The van der Waals surface area contributed by atoms with E-state index in [4.69, 9.17) is 10.8 Å². The lowest BCUT2D eigenvalue weighted by atomic mass is 10.3. The van der Waals surface area contributed by atoms with Gasteiger partial charge in [-0.15, -0.1) is 11.8 Å². The molecule has 5 nitrogen and oxygen atoms in total. The molecule has 0 aliphatic rings. The first-order valence-electron chi connectivity index (χ1n) is 5.18. The number of carboxylic acid groups (broad SMARTS) is 1. The van der Waals surface area contributed by atoms with Gasteiger partial charge < -0.3 is 10.8 Å². The number of pyridine rings is 2. The Morgan fingerprint density at radius 2 is 2.22 bits per heavy atom. The van der Waals surface area contributed by atoms with E-state index in [0.717, 1.165) is 4.90 Å². The molecule has 0 aliphatic heterocycles. The third kappa shape index (κ3) is 2.98. The minimum Gasteiger partial charge on any atom is -0.477 e. The van der Waals surface area contributed by atoms with Crippen LogP contribution in [0.1, 0.15) is 16.2 Å². The van der Waals surface area contributed by atoms with Gasteiger partial charge in [0.05, 0.1) is 17.6 Å². The second-order valence-corrected chi connectivity index (χ2v) is 4.54. The molecular weight excluding hydrogens is 250 g/mol. The molecule has 18 heavy (non-hydrogen) atoms. The Bertz CT molecular complexity index is 575. The second-order valence-electron chi connectivity index (χ2n) is 3.52. The highest BCUT2D eigenvalue weighted by Gasteiger charge is 2.06. The fourth-order valence-electron chi connectivity index (χ4n) is 1.36. The number of aromatic carboxylic acids is 1. The van der Waals surface area contributed by atoms with Gasteiger partial charge in [-0.3, -0.25) is 4.98 Å². The first-order valence-corrected chi connectivity index (χ1v) is 6.17. The minimum absolute atomic E-state index is 0.0517. The van der Waals surface area contributed by atoms with Crippen molar-refractivity contribution in [2.24, 2.45) is 0 Å². The molecule has 0 aromatic carbocycles. The molecule has 0 saturated heterocycles. The monoisotopic (exact) mass is 261 g/mol. The summed E-state index contributed by atoms with van der Waals surface area (Å²) in [6.07, 6.45) is 3.25. The van der Waals surface area contributed by atoms with Gasteiger partial charge in [-0.2, -0.15) is 0 Å². The molecule has 2 rings (SSSR count). The molecule has 0 spiro atoms. The van der Waals surface area contributed by atoms with Crippen molar-refractivity contribution in [1.29, 1.82) is 0 Å². The predicted molar refractivity (Wildman–Crippen MR) is 69.4 cm³/mol. The van der Waals surface area contributed by atoms with E-state index in [0.29, 0.717) is 17.1 Å². The molecule has 2 heterocycles. The van der Waals surface area contributed by atoms with Crippen LogP contribution in [-0.4, -0.2) is 21.0 Å². The van der Waals surface area contributed by atoms with Crippen molar-refractivity contribution in [2.45, 2.75) is 10.6 Å². The summed E-state index contributed by atoms with van der Waals surface area (Å²) in [5.74, 6) is -0.458. The van der Waals surface area contributed by atoms with Gasteiger partial charge >= 0.3 is 5.97 Å². The Balaban J connectivity index is 2.09. The molecule has 0 unspecified atom stereocenters. The van der Waals surface area contributed by atoms with E-state index >= 15 is 0 Å². The van der Waals surface area contributed by atoms with E-state index in [2.05, 4.69) is 9.97 Å². The molecule has 0 atom stereocenters. The first kappa shape index (κ1) is 12.4. The number of carboxylic acids is 1. The normalized spacial score (nSPS) is 10.2. The van der Waals surface area contributed by atoms with Crippen molar-refractivity contribution in [2.75, 3.05) is 5.73 Å². The van der Waals surface area contributed by atoms with Gasteiger partial charge in [0.25, 0.3) is 0 Å². The summed E-state index contributed by atoms with van der Waals surface area (Å²) < 4.78 is 0. The number of anilines is 1. The van der Waals surface area contributed by atoms with Gasteiger partial charge in [0.15, 0.2) is 0 Å². The number of nitrogens with two attached hydrogens (primary N) is 1. The fraction of sp³-hybridized carbons (Fsp3) is 0.0833. The minimum atomic E-state index is -1.02. The van der Waals surface area contributed by atoms with Crippen molar-refractivity contribution in [3.63, 3.8) is 0 Å². The highest BCUT2D eigenvalue weighted by Crippen LogP contribution is 2.26. The number of hydrogen-bond donors (Lipinski definition) is 2. The number of carbonyl (C=O) groups is 1. The maximum atomic E-state index is 10.8. The molecule has 0 saturated carbocycles. The Kier molecular flexibility index (Phi) is 3.78. The van der Waals surface area contributed by atoms with Crippen molar-refractivity contribution in [3.8, 4) is 0 Å². The molecule has 0 radical (unpaired) electrons. The average molecular weight is 261 g/mol. The lowest BCUT2D eigenvalue weighted by Gasteiger charge is -2.04. The van der Waals surface area contributed by atoms with Crippen molar-refractivity contribution < 1.29 is 9.90 Å². The number of nitrogens with zero attached hydrogens (tertiary/aromatic N) is 2. The quantitative estimate of drug-likeness (QED) is 0.819. The van der Waals surface area contributed by atoms with Crippen molar-refractivity contribution >= 4 is 23.4 Å². The van der Waals surface area contributed by atoms with Gasteiger partial charge in [0.1, 0.15) is 5.69 Å². The zero-order valence-corrected chi connectivity index (χ0v) is 10.2. The topological polar surface area (TPSA) is 89.1 Å². The van der Waals surface area contributed by atoms with Gasteiger partial charge in [-0.05, 0) is 18.2 Å². The van der Waals surface area contributed by atoms with Crippen molar-refractivity contribution in [3.05, 3.63) is 48.0 Å². The number of aromatic nitrogens is 2. The molecule has 0 aliphatic carbocycles. The van der Waals surface area contributed by atoms with Crippen LogP contribution in [-0.2, 0) is 5.75 Å². The molecule has 6 heteroatoms. The van der Waals surface area contributed by atoms with Crippen LogP contribution in [0.5, 0.6) is 0 Å². The predicted octanol–water partition coefficient (Wildman–Crippen LogP) is 2.05. The summed E-state index contributed by atoms with van der Waals surface area (Å²) in [7, 11) is 0. The summed E-state index contributed by atoms with van der Waals surface area (Å²) in [6, 6.07) is 6.76. The van der Waals surface area contributed by atoms with Gasteiger partial charge in [0.2, 0.25) is 0 Å². The largest absolute Gasteiger partial charge is 0.477 e. The van der Waals surface area contributed by atoms with Gasteiger partial charge in [-0.25, -0.2) is 9.78 Å². The first-order chi connectivity index (χ1) is 8.66.